The van der Waals surface area contributed by atoms with Crippen molar-refractivity contribution in [2.75, 3.05) is 23.9 Å². The molecule has 0 atom stereocenters. The van der Waals surface area contributed by atoms with Gasteiger partial charge in [0.05, 0.1) is 0 Å². The predicted molar refractivity (Wildman–Crippen MR) is 89.4 cm³/mol. The molecule has 3 aromatic rings. The summed E-state index contributed by atoms with van der Waals surface area (Å²) in [6, 6.07) is 11.0. The van der Waals surface area contributed by atoms with E-state index in [0.29, 0.717) is 16.8 Å². The van der Waals surface area contributed by atoms with Gasteiger partial charge in [0.25, 0.3) is 0 Å². The molecule has 0 saturated carbocycles. The smallest absolute Gasteiger partial charge is 0.156 e. The zero-order valence-corrected chi connectivity index (χ0v) is 13.4. The number of rotatable bonds is 4. The van der Waals surface area contributed by atoms with Gasteiger partial charge in [0.2, 0.25) is 0 Å². The van der Waals surface area contributed by atoms with Gasteiger partial charge in [-0.3, -0.25) is 0 Å². The van der Waals surface area contributed by atoms with Crippen LogP contribution in [-0.4, -0.2) is 39.2 Å². The first kappa shape index (κ1) is 15.1. The summed E-state index contributed by atoms with van der Waals surface area (Å²) in [5.74, 6) is 2.85. The van der Waals surface area contributed by atoms with Crippen molar-refractivity contribution in [3.8, 4) is 0 Å². The molecule has 0 amide bonds. The topological polar surface area (TPSA) is 70.9 Å². The Labute approximate surface area is 138 Å². The van der Waals surface area contributed by atoms with E-state index >= 15 is 0 Å². The number of halogens is 1. The van der Waals surface area contributed by atoms with Crippen LogP contribution in [0.3, 0.4) is 0 Å². The van der Waals surface area contributed by atoms with E-state index < -0.39 is 0 Å². The molecule has 0 aromatic carbocycles. The molecule has 8 heteroatoms. The lowest BCUT2D eigenvalue weighted by molar-refractivity contribution is 0.963. The maximum Gasteiger partial charge on any atom is 0.156 e. The first-order chi connectivity index (χ1) is 11.1. The Bertz CT molecular complexity index is 779. The standard InChI is InChI=1S/C15H14ClN7/c1-22(12-5-3-4-8-17-12)14-9-15(19-10-18-14)23(2)13-7-6-11(16)20-21-13/h3-10H,1-2H3. The minimum absolute atomic E-state index is 0.348. The van der Waals surface area contributed by atoms with Crippen LogP contribution in [0.5, 0.6) is 0 Å². The van der Waals surface area contributed by atoms with Gasteiger partial charge in [-0.1, -0.05) is 17.7 Å². The summed E-state index contributed by atoms with van der Waals surface area (Å²) in [5, 5.41) is 8.23. The Morgan fingerprint density at radius 2 is 1.52 bits per heavy atom. The molecule has 0 spiro atoms. The number of hydrogen-bond donors (Lipinski definition) is 0. The van der Waals surface area contributed by atoms with Crippen molar-refractivity contribution in [2.24, 2.45) is 0 Å². The van der Waals surface area contributed by atoms with Gasteiger partial charge in [-0.15, -0.1) is 10.2 Å². The van der Waals surface area contributed by atoms with Crippen molar-refractivity contribution < 1.29 is 0 Å². The zero-order chi connectivity index (χ0) is 16.2. The van der Waals surface area contributed by atoms with Crippen molar-refractivity contribution in [1.29, 1.82) is 0 Å². The highest BCUT2D eigenvalue weighted by atomic mass is 35.5. The molecule has 7 nitrogen and oxygen atoms in total. The Morgan fingerprint density at radius 1 is 0.783 bits per heavy atom. The van der Waals surface area contributed by atoms with Crippen LogP contribution in [0.15, 0.2) is 48.9 Å². The second-order valence-electron chi connectivity index (χ2n) is 4.75. The molecule has 0 unspecified atom stereocenters. The summed E-state index contributed by atoms with van der Waals surface area (Å²) in [6.07, 6.45) is 3.24. The lowest BCUT2D eigenvalue weighted by Gasteiger charge is -2.20. The lowest BCUT2D eigenvalue weighted by Crippen LogP contribution is -2.16. The summed E-state index contributed by atoms with van der Waals surface area (Å²) >= 11 is 5.77. The summed E-state index contributed by atoms with van der Waals surface area (Å²) in [6.45, 7) is 0. The molecule has 0 bridgehead atoms. The van der Waals surface area contributed by atoms with Gasteiger partial charge >= 0.3 is 0 Å². The van der Waals surface area contributed by atoms with E-state index in [1.54, 1.807) is 23.2 Å². The Morgan fingerprint density at radius 3 is 2.13 bits per heavy atom. The van der Waals surface area contributed by atoms with Crippen LogP contribution in [0.2, 0.25) is 5.15 Å². The van der Waals surface area contributed by atoms with E-state index in [1.807, 2.05) is 43.3 Å². The fourth-order valence-corrected chi connectivity index (χ4v) is 2.08. The fraction of sp³-hybridized carbons (Fsp3) is 0.133. The average molecular weight is 328 g/mol. The first-order valence-corrected chi connectivity index (χ1v) is 7.23. The SMILES string of the molecule is CN(c1ccccn1)c1cc(N(C)c2ccc(Cl)nn2)ncn1. The Kier molecular flexibility index (Phi) is 4.29. The van der Waals surface area contributed by atoms with E-state index in [1.165, 1.54) is 6.33 Å². The van der Waals surface area contributed by atoms with Gasteiger partial charge in [0, 0.05) is 26.4 Å². The maximum atomic E-state index is 5.77. The predicted octanol–water partition coefficient (Wildman–Crippen LogP) is 2.85. The third-order valence-electron chi connectivity index (χ3n) is 3.28. The van der Waals surface area contributed by atoms with Gasteiger partial charge in [-0.2, -0.15) is 0 Å². The van der Waals surface area contributed by atoms with Crippen LogP contribution in [0.1, 0.15) is 0 Å². The highest BCUT2D eigenvalue weighted by Crippen LogP contribution is 2.24. The van der Waals surface area contributed by atoms with Crippen LogP contribution >= 0.6 is 11.6 Å². The molecule has 0 aliphatic rings. The molecule has 0 fully saturated rings. The van der Waals surface area contributed by atoms with Gasteiger partial charge in [0.1, 0.15) is 23.8 Å². The molecule has 3 rings (SSSR count). The maximum absolute atomic E-state index is 5.77. The van der Waals surface area contributed by atoms with E-state index in [9.17, 15) is 0 Å². The largest absolute Gasteiger partial charge is 0.314 e. The first-order valence-electron chi connectivity index (χ1n) is 6.85. The molecule has 0 N–H and O–H groups in total. The monoisotopic (exact) mass is 327 g/mol. The molecule has 116 valence electrons. The minimum Gasteiger partial charge on any atom is -0.314 e. The number of pyridine rings is 1. The summed E-state index contributed by atoms with van der Waals surface area (Å²) in [4.78, 5) is 16.6. The number of aromatic nitrogens is 5. The van der Waals surface area contributed by atoms with Crippen LogP contribution in [0.4, 0.5) is 23.3 Å². The molecule has 3 heterocycles. The normalized spacial score (nSPS) is 10.4. The summed E-state index contributed by atoms with van der Waals surface area (Å²) in [7, 11) is 3.75. The zero-order valence-electron chi connectivity index (χ0n) is 12.6. The van der Waals surface area contributed by atoms with Crippen molar-refractivity contribution in [1.82, 2.24) is 25.1 Å². The minimum atomic E-state index is 0.348. The van der Waals surface area contributed by atoms with Crippen LogP contribution in [-0.2, 0) is 0 Å². The second kappa shape index (κ2) is 6.53. The molecular formula is C15H14ClN7. The number of nitrogens with zero attached hydrogens (tertiary/aromatic N) is 7. The molecule has 3 aromatic heterocycles. The fourth-order valence-electron chi connectivity index (χ4n) is 1.98. The lowest BCUT2D eigenvalue weighted by atomic mass is 10.4. The molecular weight excluding hydrogens is 314 g/mol. The van der Waals surface area contributed by atoms with E-state index in [2.05, 4.69) is 25.1 Å². The Hall–Kier alpha value is -2.80. The number of anilines is 4. The van der Waals surface area contributed by atoms with Crippen molar-refractivity contribution in [2.45, 2.75) is 0 Å². The third kappa shape index (κ3) is 3.35. The second-order valence-corrected chi connectivity index (χ2v) is 5.14. The van der Waals surface area contributed by atoms with E-state index in [-0.39, 0.29) is 0 Å². The van der Waals surface area contributed by atoms with Crippen LogP contribution in [0, 0.1) is 0 Å². The quantitative estimate of drug-likeness (QED) is 0.729. The molecule has 23 heavy (non-hydrogen) atoms. The van der Waals surface area contributed by atoms with Gasteiger partial charge < -0.3 is 9.80 Å². The summed E-state index contributed by atoms with van der Waals surface area (Å²) in [5.41, 5.74) is 0. The van der Waals surface area contributed by atoms with Crippen LogP contribution in [0.25, 0.3) is 0 Å². The third-order valence-corrected chi connectivity index (χ3v) is 3.48. The summed E-state index contributed by atoms with van der Waals surface area (Å²) < 4.78 is 0. The number of hydrogen-bond acceptors (Lipinski definition) is 7. The van der Waals surface area contributed by atoms with Gasteiger partial charge in [0.15, 0.2) is 11.0 Å². The van der Waals surface area contributed by atoms with E-state index in [0.717, 1.165) is 11.6 Å². The van der Waals surface area contributed by atoms with E-state index in [4.69, 9.17) is 11.6 Å². The highest BCUT2D eigenvalue weighted by Gasteiger charge is 2.12. The molecule has 0 saturated heterocycles. The van der Waals surface area contributed by atoms with Crippen molar-refractivity contribution in [3.63, 3.8) is 0 Å². The van der Waals surface area contributed by atoms with Crippen molar-refractivity contribution in [3.05, 3.63) is 54.1 Å². The highest BCUT2D eigenvalue weighted by molar-refractivity contribution is 6.29. The molecule has 0 aliphatic carbocycles. The van der Waals surface area contributed by atoms with Crippen molar-refractivity contribution >= 4 is 34.9 Å². The van der Waals surface area contributed by atoms with Crippen LogP contribution < -0.4 is 9.80 Å². The van der Waals surface area contributed by atoms with Gasteiger partial charge in [-0.05, 0) is 24.3 Å². The average Bonchev–Trinajstić information content (AvgIpc) is 2.62. The van der Waals surface area contributed by atoms with Gasteiger partial charge in [-0.25, -0.2) is 15.0 Å². The molecule has 0 radical (unpaired) electrons. The molecule has 0 aliphatic heterocycles. The Balaban J connectivity index is 1.89.